The largest absolute Gasteiger partial charge is 0.466 e. The molecule has 13 heteroatoms. The third kappa shape index (κ3) is 79.3. The number of ether oxygens (including phenoxy) is 4. The number of unbranched alkanes of at least 4 members (excludes halogenated alkanes) is 31. The maximum Gasteiger partial charge on any atom is 0.305 e. The van der Waals surface area contributed by atoms with Gasteiger partial charge in [0.1, 0.15) is 0 Å². The van der Waals surface area contributed by atoms with Crippen LogP contribution in [0.25, 0.3) is 0 Å². The molecule has 0 aromatic carbocycles. The lowest BCUT2D eigenvalue weighted by atomic mass is 9.83. The van der Waals surface area contributed by atoms with Crippen LogP contribution in [0.2, 0.25) is 0 Å². The quantitative estimate of drug-likeness (QED) is 0.0250. The Kier molecular flexibility index (Phi) is 86.0. The molecule has 0 aliphatic carbocycles. The van der Waals surface area contributed by atoms with Crippen LogP contribution in [0.15, 0.2) is 0 Å². The van der Waals surface area contributed by atoms with Crippen LogP contribution in [0.3, 0.4) is 0 Å². The Morgan fingerprint density at radius 2 is 0.470 bits per heavy atom. The van der Waals surface area contributed by atoms with E-state index in [2.05, 4.69) is 93.4 Å². The van der Waals surface area contributed by atoms with E-state index in [1.165, 1.54) is 301 Å². The van der Waals surface area contributed by atoms with Gasteiger partial charge in [0.15, 0.2) is 5.52 Å². The van der Waals surface area contributed by atoms with Gasteiger partial charge in [-0.05, 0) is 238 Å². The topological polar surface area (TPSA) is 129 Å². The van der Waals surface area contributed by atoms with Crippen molar-refractivity contribution in [3.05, 3.63) is 0 Å². The second kappa shape index (κ2) is 87.2. The minimum absolute atomic E-state index is 0.00646. The molecule has 0 saturated heterocycles. The Labute approximate surface area is 719 Å². The van der Waals surface area contributed by atoms with Crippen molar-refractivity contribution in [2.75, 3.05) is 98.5 Å². The Morgan fingerprint density at radius 3 is 0.765 bits per heavy atom. The standard InChI is InChI=1S/C102H200N2O9P2/c1-13-19-37-64-94(65-38-20-14-2)70-47-50-83-110-98(105)76-45-31-27-35-54-90-115(102(109)80-59-82-104(11)12)91-55-36-28-32-46-77-99(106)111-84-51-48-71-95(66-39-21-15-3)72-57-62-92(7)93(8)63-58-73-97(69-42-24-18-6)75-61-86-113-101(108)79-44-30-26-34-53-88-114(89-56-49-81-103(9)10)87-52-33-25-29-43-78-100(107)112-85-60-74-96(67-40-22-16-4)68-41-23-17-5/h92-97H,13-91H2,1-12H3. The second-order valence-corrected chi connectivity index (χ2v) is 42.3. The fourth-order valence-electron chi connectivity index (χ4n) is 17.3. The highest BCUT2D eigenvalue weighted by atomic mass is 31.1. The second-order valence-electron chi connectivity index (χ2n) is 37.1. The van der Waals surface area contributed by atoms with Crippen molar-refractivity contribution in [3.8, 4) is 0 Å². The molecular weight excluding hydrogens is 1460 g/mol. The smallest absolute Gasteiger partial charge is 0.305 e. The average Bonchev–Trinajstić information content (AvgIpc) is 0.943. The summed E-state index contributed by atoms with van der Waals surface area (Å²) in [7, 11) is 8.03. The van der Waals surface area contributed by atoms with Gasteiger partial charge in [-0.1, -0.05) is 338 Å². The van der Waals surface area contributed by atoms with Gasteiger partial charge in [0.2, 0.25) is 0 Å². The molecule has 0 aromatic rings. The molecule has 0 rings (SSSR count). The molecule has 682 valence electrons. The van der Waals surface area contributed by atoms with Gasteiger partial charge < -0.3 is 28.7 Å². The van der Waals surface area contributed by atoms with Crippen molar-refractivity contribution >= 4 is 45.2 Å². The third-order valence-corrected chi connectivity index (χ3v) is 30.9. The van der Waals surface area contributed by atoms with Gasteiger partial charge >= 0.3 is 23.9 Å². The highest BCUT2D eigenvalue weighted by molar-refractivity contribution is 7.74. The van der Waals surface area contributed by atoms with Crippen LogP contribution in [0.1, 0.15) is 492 Å². The molecule has 0 aliphatic heterocycles. The first kappa shape index (κ1) is 113. The molecule has 0 bridgehead atoms. The van der Waals surface area contributed by atoms with E-state index in [0.29, 0.717) is 64.1 Å². The lowest BCUT2D eigenvalue weighted by molar-refractivity contribution is -0.144. The van der Waals surface area contributed by atoms with E-state index in [-0.39, 0.29) is 31.8 Å². The lowest BCUT2D eigenvalue weighted by Crippen LogP contribution is -2.14. The normalized spacial score (nSPS) is 13.5. The van der Waals surface area contributed by atoms with E-state index < -0.39 is 7.92 Å². The third-order valence-electron chi connectivity index (χ3n) is 25.4. The van der Waals surface area contributed by atoms with Crippen molar-refractivity contribution < 1.29 is 42.9 Å². The van der Waals surface area contributed by atoms with E-state index in [1.807, 2.05) is 0 Å². The number of hydrogen-bond acceptors (Lipinski definition) is 11. The van der Waals surface area contributed by atoms with Crippen molar-refractivity contribution in [3.63, 3.8) is 0 Å². The van der Waals surface area contributed by atoms with Crippen molar-refractivity contribution in [2.45, 2.75) is 492 Å². The summed E-state index contributed by atoms with van der Waals surface area (Å²) in [5.74, 6) is 4.58. The summed E-state index contributed by atoms with van der Waals surface area (Å²) in [5.41, 5.74) is 0.508. The van der Waals surface area contributed by atoms with E-state index in [9.17, 15) is 24.0 Å². The summed E-state index contributed by atoms with van der Waals surface area (Å²) in [6, 6.07) is 0. The maximum atomic E-state index is 13.5. The number of esters is 4. The predicted molar refractivity (Wildman–Crippen MR) is 504 cm³/mol. The molecule has 0 spiro atoms. The zero-order chi connectivity index (χ0) is 84.4. The Hall–Kier alpha value is -1.67. The zero-order valence-electron chi connectivity index (χ0n) is 79.3. The zero-order valence-corrected chi connectivity index (χ0v) is 81.1. The molecule has 0 aliphatic rings. The molecule has 115 heavy (non-hydrogen) atoms. The first-order valence-corrected chi connectivity index (χ1v) is 54.5. The van der Waals surface area contributed by atoms with Gasteiger partial charge in [-0.3, -0.25) is 24.0 Å². The number of hydrogen-bond donors (Lipinski definition) is 0. The molecule has 6 atom stereocenters. The molecular formula is C102H200N2O9P2. The van der Waals surface area contributed by atoms with Crippen LogP contribution in [-0.2, 0) is 42.9 Å². The maximum absolute atomic E-state index is 13.5. The Morgan fingerprint density at radius 1 is 0.235 bits per heavy atom. The monoisotopic (exact) mass is 1660 g/mol. The summed E-state index contributed by atoms with van der Waals surface area (Å²) >= 11 is 0. The highest BCUT2D eigenvalue weighted by Gasteiger charge is 2.21. The van der Waals surface area contributed by atoms with Crippen molar-refractivity contribution in [1.82, 2.24) is 9.80 Å². The van der Waals surface area contributed by atoms with Gasteiger partial charge in [-0.15, -0.1) is 7.92 Å². The summed E-state index contributed by atoms with van der Waals surface area (Å²) in [6.45, 7) is 23.2. The molecule has 11 nitrogen and oxygen atoms in total. The molecule has 0 N–H and O–H groups in total. The van der Waals surface area contributed by atoms with E-state index in [1.54, 1.807) is 0 Å². The van der Waals surface area contributed by atoms with Crippen LogP contribution < -0.4 is 0 Å². The number of carbonyl (C=O) groups excluding carboxylic acids is 5. The molecule has 0 aromatic heterocycles. The van der Waals surface area contributed by atoms with Crippen LogP contribution in [-0.4, -0.2) is 138 Å². The summed E-state index contributed by atoms with van der Waals surface area (Å²) < 4.78 is 22.9. The summed E-state index contributed by atoms with van der Waals surface area (Å²) in [4.78, 5) is 68.7. The molecule has 0 saturated carbocycles. The van der Waals surface area contributed by atoms with Gasteiger partial charge in [-0.2, -0.15) is 0 Å². The van der Waals surface area contributed by atoms with E-state index in [4.69, 9.17) is 18.9 Å². The summed E-state index contributed by atoms with van der Waals surface area (Å²) in [5, 5.41) is 0. The fourth-order valence-corrected chi connectivity index (χ4v) is 22.4. The van der Waals surface area contributed by atoms with Crippen LogP contribution in [0.4, 0.5) is 0 Å². The van der Waals surface area contributed by atoms with Crippen LogP contribution in [0.5, 0.6) is 0 Å². The van der Waals surface area contributed by atoms with Gasteiger partial charge in [-0.25, -0.2) is 0 Å². The Balaban J connectivity index is 4.56. The molecule has 6 unspecified atom stereocenters. The summed E-state index contributed by atoms with van der Waals surface area (Å²) in [6.07, 6.45) is 86.0. The van der Waals surface area contributed by atoms with E-state index >= 15 is 0 Å². The number of carbonyl (C=O) groups is 5. The molecule has 0 fully saturated rings. The van der Waals surface area contributed by atoms with Crippen molar-refractivity contribution in [2.24, 2.45) is 35.5 Å². The minimum atomic E-state index is -0.610. The average molecular weight is 1660 g/mol. The van der Waals surface area contributed by atoms with Gasteiger partial charge in [0.25, 0.3) is 0 Å². The molecule has 0 radical (unpaired) electrons. The molecule has 0 amide bonds. The van der Waals surface area contributed by atoms with Gasteiger partial charge in [0.05, 0.1) is 26.4 Å². The van der Waals surface area contributed by atoms with Crippen molar-refractivity contribution in [1.29, 1.82) is 0 Å². The van der Waals surface area contributed by atoms with Crippen LogP contribution >= 0.6 is 15.8 Å². The first-order chi connectivity index (χ1) is 56.0. The Bertz CT molecular complexity index is 2080. The minimum Gasteiger partial charge on any atom is -0.466 e. The number of nitrogens with zero attached hydrogens (tertiary/aromatic N) is 2. The lowest BCUT2D eigenvalue weighted by Gasteiger charge is -2.23. The van der Waals surface area contributed by atoms with E-state index in [0.717, 1.165) is 183 Å². The number of rotatable bonds is 93. The van der Waals surface area contributed by atoms with Gasteiger partial charge in [0, 0.05) is 32.1 Å². The van der Waals surface area contributed by atoms with Crippen LogP contribution in [0, 0.1) is 35.5 Å². The first-order valence-electron chi connectivity index (χ1n) is 50.9. The molecule has 0 heterocycles. The fraction of sp³-hybridized carbons (Fsp3) is 0.951. The SMILES string of the molecule is CCCCCC(CCCCC)CCCCOC(=O)CCCCCCCP(CCCCCCCC(=O)OCCCCC(CCCCC)CCCC(C)C(C)CCCC(CCCCC)CCCOC(=O)CCCCCCCP(CCCCCCCC(=O)OCCCC(CCCCC)CCCCC)CCCCN(C)C)C(=O)CCCN(C)C. The predicted octanol–water partition coefficient (Wildman–Crippen LogP) is 31.2. The highest BCUT2D eigenvalue weighted by Crippen LogP contribution is 2.42.